The van der Waals surface area contributed by atoms with Gasteiger partial charge >= 0.3 is 0 Å². The molecular formula is C19H23N5. The first-order valence-electron chi connectivity index (χ1n) is 8.39. The molecule has 0 amide bonds. The lowest BCUT2D eigenvalue weighted by Crippen LogP contribution is -2.10. The normalized spacial score (nSPS) is 11.0. The Morgan fingerprint density at radius 1 is 1.17 bits per heavy atom. The summed E-state index contributed by atoms with van der Waals surface area (Å²) in [4.78, 5) is 8.93. The summed E-state index contributed by atoms with van der Waals surface area (Å²) in [7, 11) is 0. The number of nitrogens with zero attached hydrogens (tertiary/aromatic N) is 4. The quantitative estimate of drug-likeness (QED) is 0.742. The molecule has 0 aliphatic carbocycles. The molecule has 0 aromatic carbocycles. The van der Waals surface area contributed by atoms with Crippen LogP contribution in [0.15, 0.2) is 49.1 Å². The standard InChI is InChI=1S/C19H23N5/c1-4-6-16-11-17(8-10-20-16)24-13-15(12-22-24)19-18(23-14(2)3)7-5-9-21-19/h5,7-14,23H,4,6H2,1-3H3. The Morgan fingerprint density at radius 3 is 2.83 bits per heavy atom. The van der Waals surface area contributed by atoms with Gasteiger partial charge in [0.05, 0.1) is 23.3 Å². The highest BCUT2D eigenvalue weighted by atomic mass is 15.3. The van der Waals surface area contributed by atoms with Crippen LogP contribution in [0.5, 0.6) is 0 Å². The minimum atomic E-state index is 0.347. The highest BCUT2D eigenvalue weighted by Gasteiger charge is 2.10. The molecule has 1 N–H and O–H groups in total. The molecule has 5 heteroatoms. The monoisotopic (exact) mass is 321 g/mol. The predicted molar refractivity (Wildman–Crippen MR) is 97.3 cm³/mol. The molecule has 0 fully saturated rings. The lowest BCUT2D eigenvalue weighted by atomic mass is 10.2. The average molecular weight is 321 g/mol. The van der Waals surface area contributed by atoms with Crippen molar-refractivity contribution < 1.29 is 0 Å². The molecule has 0 bridgehead atoms. The Hall–Kier alpha value is -2.69. The van der Waals surface area contributed by atoms with Crippen LogP contribution in [0.4, 0.5) is 5.69 Å². The lowest BCUT2D eigenvalue weighted by molar-refractivity contribution is 0.848. The third-order valence-corrected chi connectivity index (χ3v) is 3.68. The zero-order chi connectivity index (χ0) is 16.9. The Bertz CT molecular complexity index is 807. The number of rotatable bonds is 6. The molecule has 0 unspecified atom stereocenters. The fraction of sp³-hybridized carbons (Fsp3) is 0.316. The first kappa shape index (κ1) is 16.2. The zero-order valence-electron chi connectivity index (χ0n) is 14.4. The van der Waals surface area contributed by atoms with E-state index in [1.165, 1.54) is 0 Å². The van der Waals surface area contributed by atoms with E-state index in [0.717, 1.165) is 41.2 Å². The Morgan fingerprint density at radius 2 is 2.04 bits per heavy atom. The Kier molecular flexibility index (Phi) is 4.89. The molecule has 0 radical (unpaired) electrons. The number of anilines is 1. The van der Waals surface area contributed by atoms with Crippen molar-refractivity contribution in [1.29, 1.82) is 0 Å². The summed E-state index contributed by atoms with van der Waals surface area (Å²) in [5.74, 6) is 0. The van der Waals surface area contributed by atoms with E-state index in [1.807, 2.05) is 47.7 Å². The molecule has 0 saturated carbocycles. The average Bonchev–Trinajstić information content (AvgIpc) is 3.05. The molecule has 124 valence electrons. The summed E-state index contributed by atoms with van der Waals surface area (Å²) in [6.45, 7) is 6.39. The molecule has 3 rings (SSSR count). The van der Waals surface area contributed by atoms with Crippen molar-refractivity contribution in [2.45, 2.75) is 39.7 Å². The minimum Gasteiger partial charge on any atom is -0.381 e. The zero-order valence-corrected chi connectivity index (χ0v) is 14.4. The van der Waals surface area contributed by atoms with Crippen LogP contribution in [-0.4, -0.2) is 25.8 Å². The van der Waals surface area contributed by atoms with E-state index in [2.05, 4.69) is 47.2 Å². The third-order valence-electron chi connectivity index (χ3n) is 3.68. The van der Waals surface area contributed by atoms with Crippen molar-refractivity contribution >= 4 is 5.69 Å². The largest absolute Gasteiger partial charge is 0.381 e. The van der Waals surface area contributed by atoms with E-state index >= 15 is 0 Å². The smallest absolute Gasteiger partial charge is 0.0964 e. The van der Waals surface area contributed by atoms with Crippen molar-refractivity contribution in [3.63, 3.8) is 0 Å². The van der Waals surface area contributed by atoms with Crippen molar-refractivity contribution in [2.75, 3.05) is 5.32 Å². The number of hydrogen-bond donors (Lipinski definition) is 1. The van der Waals surface area contributed by atoms with Crippen LogP contribution in [0, 0.1) is 0 Å². The van der Waals surface area contributed by atoms with Gasteiger partial charge < -0.3 is 5.32 Å². The molecule has 0 spiro atoms. The second-order valence-electron chi connectivity index (χ2n) is 6.13. The van der Waals surface area contributed by atoms with Gasteiger partial charge in [0.1, 0.15) is 0 Å². The Labute approximate surface area is 142 Å². The van der Waals surface area contributed by atoms with E-state index in [-0.39, 0.29) is 0 Å². The maximum Gasteiger partial charge on any atom is 0.0964 e. The van der Waals surface area contributed by atoms with Crippen LogP contribution in [0.3, 0.4) is 0 Å². The van der Waals surface area contributed by atoms with Gasteiger partial charge in [0.2, 0.25) is 0 Å². The molecular weight excluding hydrogens is 298 g/mol. The fourth-order valence-electron chi connectivity index (χ4n) is 2.65. The summed E-state index contributed by atoms with van der Waals surface area (Å²) in [5, 5.41) is 7.94. The first-order valence-corrected chi connectivity index (χ1v) is 8.39. The first-order chi connectivity index (χ1) is 11.7. The summed E-state index contributed by atoms with van der Waals surface area (Å²) in [6.07, 6.45) is 9.58. The fourth-order valence-corrected chi connectivity index (χ4v) is 2.65. The van der Waals surface area contributed by atoms with Crippen molar-refractivity contribution in [2.24, 2.45) is 0 Å². The van der Waals surface area contributed by atoms with Gasteiger partial charge in [-0.3, -0.25) is 9.97 Å². The van der Waals surface area contributed by atoms with Gasteiger partial charge in [-0.15, -0.1) is 0 Å². The number of hydrogen-bond acceptors (Lipinski definition) is 4. The maximum absolute atomic E-state index is 4.53. The summed E-state index contributed by atoms with van der Waals surface area (Å²) >= 11 is 0. The number of aryl methyl sites for hydroxylation is 1. The Balaban J connectivity index is 1.93. The van der Waals surface area contributed by atoms with Crippen LogP contribution in [0.2, 0.25) is 0 Å². The van der Waals surface area contributed by atoms with E-state index in [1.54, 1.807) is 0 Å². The minimum absolute atomic E-state index is 0.347. The molecule has 3 aromatic rings. The predicted octanol–water partition coefficient (Wildman–Crippen LogP) is 4.10. The van der Waals surface area contributed by atoms with E-state index in [9.17, 15) is 0 Å². The number of pyridine rings is 2. The van der Waals surface area contributed by atoms with E-state index < -0.39 is 0 Å². The van der Waals surface area contributed by atoms with Crippen LogP contribution in [0.1, 0.15) is 32.9 Å². The van der Waals surface area contributed by atoms with Crippen molar-refractivity contribution in [3.8, 4) is 16.9 Å². The molecule has 5 nitrogen and oxygen atoms in total. The van der Waals surface area contributed by atoms with Gasteiger partial charge in [-0.05, 0) is 44.5 Å². The maximum atomic E-state index is 4.53. The topological polar surface area (TPSA) is 55.6 Å². The van der Waals surface area contributed by atoms with E-state index in [0.29, 0.717) is 6.04 Å². The highest BCUT2D eigenvalue weighted by molar-refractivity contribution is 5.73. The molecule has 3 aromatic heterocycles. The van der Waals surface area contributed by atoms with Crippen LogP contribution >= 0.6 is 0 Å². The SMILES string of the molecule is CCCc1cc(-n2cc(-c3ncccc3NC(C)C)cn2)ccn1. The lowest BCUT2D eigenvalue weighted by Gasteiger charge is -2.12. The van der Waals surface area contributed by atoms with E-state index in [4.69, 9.17) is 0 Å². The van der Waals surface area contributed by atoms with Gasteiger partial charge in [-0.2, -0.15) is 5.10 Å². The van der Waals surface area contributed by atoms with Gasteiger partial charge in [0, 0.05) is 35.9 Å². The number of nitrogens with one attached hydrogen (secondary N) is 1. The highest BCUT2D eigenvalue weighted by Crippen LogP contribution is 2.26. The molecule has 3 heterocycles. The molecule has 0 saturated heterocycles. The second-order valence-corrected chi connectivity index (χ2v) is 6.13. The van der Waals surface area contributed by atoms with Crippen LogP contribution in [0.25, 0.3) is 16.9 Å². The van der Waals surface area contributed by atoms with Gasteiger partial charge in [0.15, 0.2) is 0 Å². The molecule has 0 atom stereocenters. The van der Waals surface area contributed by atoms with Gasteiger partial charge in [-0.25, -0.2) is 4.68 Å². The summed E-state index contributed by atoms with van der Waals surface area (Å²) in [6, 6.07) is 8.40. The number of aromatic nitrogens is 4. The molecule has 0 aliphatic heterocycles. The van der Waals surface area contributed by atoms with Gasteiger partial charge in [-0.1, -0.05) is 13.3 Å². The summed E-state index contributed by atoms with van der Waals surface area (Å²) in [5.41, 5.74) is 5.04. The molecule has 0 aliphatic rings. The second kappa shape index (κ2) is 7.25. The molecule has 24 heavy (non-hydrogen) atoms. The summed E-state index contributed by atoms with van der Waals surface area (Å²) < 4.78 is 1.88. The third kappa shape index (κ3) is 3.62. The van der Waals surface area contributed by atoms with Crippen molar-refractivity contribution in [1.82, 2.24) is 19.7 Å². The van der Waals surface area contributed by atoms with Crippen LogP contribution in [-0.2, 0) is 6.42 Å². The van der Waals surface area contributed by atoms with Crippen LogP contribution < -0.4 is 5.32 Å². The van der Waals surface area contributed by atoms with Crippen molar-refractivity contribution in [3.05, 3.63) is 54.7 Å². The van der Waals surface area contributed by atoms with Gasteiger partial charge in [0.25, 0.3) is 0 Å².